The minimum absolute atomic E-state index is 0.00425. The summed E-state index contributed by atoms with van der Waals surface area (Å²) in [5.41, 5.74) is 4.15. The molecule has 0 saturated carbocycles. The lowest BCUT2D eigenvalue weighted by atomic mass is 9.95. The van der Waals surface area contributed by atoms with Gasteiger partial charge in [-0.2, -0.15) is 0 Å². The summed E-state index contributed by atoms with van der Waals surface area (Å²) in [5, 5.41) is 4.66. The summed E-state index contributed by atoms with van der Waals surface area (Å²) in [6, 6.07) is 6.37. The normalized spacial score (nSPS) is 19.6. The van der Waals surface area contributed by atoms with Crippen molar-refractivity contribution in [2.24, 2.45) is 5.73 Å². The highest BCUT2D eigenvalue weighted by atomic mass is 19.1. The second-order valence-corrected chi connectivity index (χ2v) is 7.65. The molecule has 3 aromatic rings. The fourth-order valence-corrected chi connectivity index (χ4v) is 4.09. The lowest BCUT2D eigenvalue weighted by molar-refractivity contribution is -0.125. The van der Waals surface area contributed by atoms with E-state index in [0.717, 1.165) is 0 Å². The molecule has 1 fully saturated rings. The van der Waals surface area contributed by atoms with Crippen molar-refractivity contribution in [3.05, 3.63) is 58.7 Å². The van der Waals surface area contributed by atoms with Crippen LogP contribution in [0.1, 0.15) is 32.2 Å². The van der Waals surface area contributed by atoms with Gasteiger partial charge in [0.25, 0.3) is 17.7 Å². The van der Waals surface area contributed by atoms with E-state index in [1.807, 2.05) is 0 Å². The van der Waals surface area contributed by atoms with Crippen molar-refractivity contribution in [1.82, 2.24) is 20.5 Å². The van der Waals surface area contributed by atoms with E-state index in [0.29, 0.717) is 5.56 Å². The average molecular weight is 453 g/mol. The average Bonchev–Trinajstić information content (AvgIpc) is 3.42. The second kappa shape index (κ2) is 7.02. The first-order valence-electron chi connectivity index (χ1n) is 9.72. The summed E-state index contributed by atoms with van der Waals surface area (Å²) >= 11 is 0. The Hall–Kier alpha value is -4.48. The number of ether oxygens (including phenoxy) is 1. The van der Waals surface area contributed by atoms with Gasteiger partial charge in [0.2, 0.25) is 0 Å². The molecule has 4 heterocycles. The quantitative estimate of drug-likeness (QED) is 0.482. The Morgan fingerprint density at radius 2 is 2.09 bits per heavy atom. The standard InChI is InChI=1S/C21H16FN5O6/c1-32-13-4-2-9-7-27(18(29)15(9)16(13)22)8-21(19(30)25-20(31)26-21)14-6-11-12(33-14)5-3-10(24-11)17(23)28/h2-6H,7-8H2,1H3,(H2,23,28)(H2,25,26,30,31)/t21-/m0/s1. The number of furan rings is 1. The number of fused-ring (bicyclic) bond motifs is 2. The highest BCUT2D eigenvalue weighted by Gasteiger charge is 2.53. The number of nitrogens with two attached hydrogens (primary N) is 1. The topological polar surface area (TPSA) is 157 Å². The predicted molar refractivity (Wildman–Crippen MR) is 109 cm³/mol. The van der Waals surface area contributed by atoms with E-state index >= 15 is 0 Å². The highest BCUT2D eigenvalue weighted by Crippen LogP contribution is 2.36. The molecule has 2 aromatic heterocycles. The van der Waals surface area contributed by atoms with Crippen LogP contribution in [0.2, 0.25) is 0 Å². The van der Waals surface area contributed by atoms with Crippen LogP contribution < -0.4 is 21.1 Å². The van der Waals surface area contributed by atoms with Gasteiger partial charge in [0, 0.05) is 12.6 Å². The first-order chi connectivity index (χ1) is 15.7. The smallest absolute Gasteiger partial charge is 0.322 e. The molecule has 0 spiro atoms. The zero-order valence-corrected chi connectivity index (χ0v) is 17.1. The third-order valence-corrected chi connectivity index (χ3v) is 5.69. The van der Waals surface area contributed by atoms with Crippen molar-refractivity contribution in [2.45, 2.75) is 12.1 Å². The Bertz CT molecular complexity index is 1380. The van der Waals surface area contributed by atoms with Crippen LogP contribution >= 0.6 is 0 Å². The van der Waals surface area contributed by atoms with Crippen LogP contribution in [0.5, 0.6) is 5.75 Å². The van der Waals surface area contributed by atoms with Crippen molar-refractivity contribution in [2.75, 3.05) is 13.7 Å². The van der Waals surface area contributed by atoms with Crippen molar-refractivity contribution < 1.29 is 32.7 Å². The molecule has 0 radical (unpaired) electrons. The molecule has 2 aliphatic heterocycles. The number of methoxy groups -OCH3 is 1. The van der Waals surface area contributed by atoms with Gasteiger partial charge in [-0.25, -0.2) is 14.2 Å². The highest BCUT2D eigenvalue weighted by molar-refractivity contribution is 6.08. The number of urea groups is 1. The number of halogens is 1. The van der Waals surface area contributed by atoms with Crippen LogP contribution in [0.4, 0.5) is 9.18 Å². The lowest BCUT2D eigenvalue weighted by Crippen LogP contribution is -2.52. The van der Waals surface area contributed by atoms with Gasteiger partial charge in [-0.05, 0) is 23.8 Å². The number of hydrogen-bond acceptors (Lipinski definition) is 7. The maximum atomic E-state index is 14.7. The first-order valence-corrected chi connectivity index (χ1v) is 9.72. The molecule has 12 heteroatoms. The van der Waals surface area contributed by atoms with Crippen LogP contribution in [0, 0.1) is 5.82 Å². The number of primary amides is 1. The molecule has 4 N–H and O–H groups in total. The Labute approximate surface area is 184 Å². The summed E-state index contributed by atoms with van der Waals surface area (Å²) in [4.78, 5) is 54.8. The Kier molecular flexibility index (Phi) is 4.34. The van der Waals surface area contributed by atoms with Gasteiger partial charge in [-0.15, -0.1) is 0 Å². The molecule has 1 atom stereocenters. The number of rotatable bonds is 5. The molecule has 2 aliphatic rings. The molecule has 0 unspecified atom stereocenters. The van der Waals surface area contributed by atoms with Gasteiger partial charge in [0.15, 0.2) is 22.7 Å². The zero-order chi connectivity index (χ0) is 23.5. The fourth-order valence-electron chi connectivity index (χ4n) is 4.09. The van der Waals surface area contributed by atoms with Gasteiger partial charge in [0.1, 0.15) is 17.0 Å². The molecule has 1 aromatic carbocycles. The van der Waals surface area contributed by atoms with Crippen LogP contribution in [-0.2, 0) is 16.9 Å². The number of amides is 5. The Morgan fingerprint density at radius 1 is 1.30 bits per heavy atom. The molecule has 5 rings (SSSR count). The van der Waals surface area contributed by atoms with E-state index in [4.69, 9.17) is 14.9 Å². The molecule has 33 heavy (non-hydrogen) atoms. The van der Waals surface area contributed by atoms with E-state index in [2.05, 4.69) is 15.6 Å². The lowest BCUT2D eigenvalue weighted by Gasteiger charge is -2.28. The third kappa shape index (κ3) is 2.98. The third-order valence-electron chi connectivity index (χ3n) is 5.69. The van der Waals surface area contributed by atoms with Crippen LogP contribution in [-0.4, -0.2) is 47.3 Å². The first kappa shape index (κ1) is 20.4. The molecular formula is C21H16FN5O6. The van der Waals surface area contributed by atoms with E-state index in [1.54, 1.807) is 6.07 Å². The Balaban J connectivity index is 1.56. The van der Waals surface area contributed by atoms with E-state index in [-0.39, 0.29) is 47.0 Å². The number of carbonyl (C=O) groups excluding carboxylic acids is 4. The number of pyridine rings is 1. The van der Waals surface area contributed by atoms with Gasteiger partial charge >= 0.3 is 6.03 Å². The van der Waals surface area contributed by atoms with Crippen molar-refractivity contribution in [1.29, 1.82) is 0 Å². The predicted octanol–water partition coefficient (Wildman–Crippen LogP) is 0.765. The number of aromatic nitrogens is 1. The monoisotopic (exact) mass is 453 g/mol. The number of imide groups is 1. The van der Waals surface area contributed by atoms with Crippen molar-refractivity contribution in [3.8, 4) is 5.75 Å². The molecular weight excluding hydrogens is 437 g/mol. The van der Waals surface area contributed by atoms with Gasteiger partial charge in [-0.3, -0.25) is 19.7 Å². The van der Waals surface area contributed by atoms with Crippen LogP contribution in [0.15, 0.2) is 34.7 Å². The summed E-state index contributed by atoms with van der Waals surface area (Å²) < 4.78 is 25.4. The zero-order valence-electron chi connectivity index (χ0n) is 17.1. The minimum atomic E-state index is -1.80. The number of benzene rings is 1. The van der Waals surface area contributed by atoms with E-state index in [1.165, 1.54) is 36.3 Å². The maximum absolute atomic E-state index is 14.7. The molecule has 11 nitrogen and oxygen atoms in total. The molecule has 168 valence electrons. The number of nitrogens with one attached hydrogen (secondary N) is 2. The molecule has 0 aliphatic carbocycles. The van der Waals surface area contributed by atoms with Gasteiger partial charge < -0.3 is 25.1 Å². The summed E-state index contributed by atoms with van der Waals surface area (Å²) in [7, 11) is 1.29. The van der Waals surface area contributed by atoms with E-state index in [9.17, 15) is 23.6 Å². The summed E-state index contributed by atoms with van der Waals surface area (Å²) in [6.07, 6.45) is 0. The van der Waals surface area contributed by atoms with Crippen LogP contribution in [0.25, 0.3) is 11.1 Å². The Morgan fingerprint density at radius 3 is 2.76 bits per heavy atom. The van der Waals surface area contributed by atoms with Crippen molar-refractivity contribution >= 4 is 34.9 Å². The van der Waals surface area contributed by atoms with Crippen LogP contribution in [0.3, 0.4) is 0 Å². The second-order valence-electron chi connectivity index (χ2n) is 7.65. The summed E-state index contributed by atoms with van der Waals surface area (Å²) in [5.74, 6) is -3.08. The number of nitrogens with zero attached hydrogens (tertiary/aromatic N) is 2. The molecule has 5 amide bonds. The van der Waals surface area contributed by atoms with Gasteiger partial charge in [-0.1, -0.05) is 6.07 Å². The number of carbonyl (C=O) groups is 4. The molecule has 0 bridgehead atoms. The van der Waals surface area contributed by atoms with E-state index < -0.39 is 35.1 Å². The minimum Gasteiger partial charge on any atom is -0.494 e. The largest absolute Gasteiger partial charge is 0.494 e. The van der Waals surface area contributed by atoms with Crippen molar-refractivity contribution in [3.63, 3.8) is 0 Å². The fraction of sp³-hybridized carbons (Fsp3) is 0.190. The number of hydrogen-bond donors (Lipinski definition) is 3. The SMILES string of the molecule is COc1ccc2c(c1F)C(=O)N(C[C@@]1(c3cc4nc(C(N)=O)ccc4o3)NC(=O)NC1=O)C2. The summed E-state index contributed by atoms with van der Waals surface area (Å²) in [6.45, 7) is -0.341. The van der Waals surface area contributed by atoms with Gasteiger partial charge in [0.05, 0.1) is 19.2 Å². The maximum Gasteiger partial charge on any atom is 0.322 e. The molecule has 1 saturated heterocycles.